The summed E-state index contributed by atoms with van der Waals surface area (Å²) >= 11 is 0. The molecule has 0 radical (unpaired) electrons. The minimum Gasteiger partial charge on any atom is -0.497 e. The standard InChI is InChI=1S/C20H31NO4S/c1-24-18-13-14-20(19(15-18)25-2)26(22,23)21(16-9-5-3-6-10-16)17-11-7-4-8-12-17/h13-17H,3-12H2,1-2H3. The molecular weight excluding hydrogens is 350 g/mol. The molecule has 2 aliphatic rings. The lowest BCUT2D eigenvalue weighted by molar-refractivity contribution is 0.169. The van der Waals surface area contributed by atoms with Crippen molar-refractivity contribution in [1.82, 2.24) is 4.31 Å². The monoisotopic (exact) mass is 381 g/mol. The van der Waals surface area contributed by atoms with E-state index < -0.39 is 10.0 Å². The Morgan fingerprint density at radius 2 is 1.38 bits per heavy atom. The van der Waals surface area contributed by atoms with E-state index in [1.54, 1.807) is 25.3 Å². The summed E-state index contributed by atoms with van der Waals surface area (Å²) in [5.41, 5.74) is 0. The zero-order chi connectivity index (χ0) is 18.6. The van der Waals surface area contributed by atoms with Crippen LogP contribution in [0.4, 0.5) is 0 Å². The Balaban J connectivity index is 2.00. The Labute approximate surface area is 157 Å². The van der Waals surface area contributed by atoms with E-state index in [0.717, 1.165) is 51.4 Å². The number of sulfonamides is 1. The summed E-state index contributed by atoms with van der Waals surface area (Å²) in [6.07, 6.45) is 10.7. The largest absolute Gasteiger partial charge is 0.497 e. The predicted molar refractivity (Wildman–Crippen MR) is 102 cm³/mol. The minimum atomic E-state index is -3.62. The van der Waals surface area contributed by atoms with Crippen LogP contribution in [0, 0.1) is 0 Å². The van der Waals surface area contributed by atoms with Crippen molar-refractivity contribution in [2.75, 3.05) is 14.2 Å². The fourth-order valence-corrected chi connectivity index (χ4v) is 6.53. The number of methoxy groups -OCH3 is 2. The number of nitrogens with zero attached hydrogens (tertiary/aromatic N) is 1. The van der Waals surface area contributed by atoms with E-state index in [-0.39, 0.29) is 17.0 Å². The van der Waals surface area contributed by atoms with Crippen LogP contribution in [-0.2, 0) is 10.0 Å². The highest BCUT2D eigenvalue weighted by Gasteiger charge is 2.39. The molecule has 5 nitrogen and oxygen atoms in total. The van der Waals surface area contributed by atoms with Crippen LogP contribution in [0.5, 0.6) is 11.5 Å². The summed E-state index contributed by atoms with van der Waals surface area (Å²) in [5, 5.41) is 0. The molecule has 0 atom stereocenters. The van der Waals surface area contributed by atoms with Crippen LogP contribution in [0.2, 0.25) is 0 Å². The predicted octanol–water partition coefficient (Wildman–Crippen LogP) is 4.36. The molecule has 0 spiro atoms. The summed E-state index contributed by atoms with van der Waals surface area (Å²) in [6.45, 7) is 0. The van der Waals surface area contributed by atoms with Crippen LogP contribution in [0.3, 0.4) is 0 Å². The number of hydrogen-bond acceptors (Lipinski definition) is 4. The van der Waals surface area contributed by atoms with Crippen LogP contribution >= 0.6 is 0 Å². The Hall–Kier alpha value is -1.27. The zero-order valence-electron chi connectivity index (χ0n) is 15.9. The lowest BCUT2D eigenvalue weighted by atomic mass is 9.91. The lowest BCUT2D eigenvalue weighted by Crippen LogP contribution is -2.48. The molecule has 0 aliphatic heterocycles. The average Bonchev–Trinajstić information content (AvgIpc) is 2.69. The van der Waals surface area contributed by atoms with Gasteiger partial charge in [-0.05, 0) is 37.8 Å². The van der Waals surface area contributed by atoms with Crippen molar-refractivity contribution in [2.24, 2.45) is 0 Å². The first-order chi connectivity index (χ1) is 12.6. The van der Waals surface area contributed by atoms with Crippen LogP contribution in [0.15, 0.2) is 23.1 Å². The molecule has 0 heterocycles. The summed E-state index contributed by atoms with van der Waals surface area (Å²) in [4.78, 5) is 0.261. The topological polar surface area (TPSA) is 55.8 Å². The van der Waals surface area contributed by atoms with Gasteiger partial charge in [0.15, 0.2) is 0 Å². The zero-order valence-corrected chi connectivity index (χ0v) is 16.8. The van der Waals surface area contributed by atoms with Crippen LogP contribution < -0.4 is 9.47 Å². The normalized spacial score (nSPS) is 20.3. The van der Waals surface area contributed by atoms with E-state index in [4.69, 9.17) is 9.47 Å². The van der Waals surface area contributed by atoms with Crippen molar-refractivity contribution >= 4 is 10.0 Å². The van der Waals surface area contributed by atoms with Gasteiger partial charge in [-0.15, -0.1) is 0 Å². The van der Waals surface area contributed by atoms with Gasteiger partial charge in [-0.3, -0.25) is 0 Å². The molecule has 6 heteroatoms. The van der Waals surface area contributed by atoms with E-state index in [1.807, 2.05) is 4.31 Å². The van der Waals surface area contributed by atoms with Gasteiger partial charge in [-0.25, -0.2) is 8.42 Å². The van der Waals surface area contributed by atoms with Crippen molar-refractivity contribution in [3.8, 4) is 11.5 Å². The molecule has 0 saturated heterocycles. The van der Waals surface area contributed by atoms with Gasteiger partial charge in [0.25, 0.3) is 0 Å². The van der Waals surface area contributed by atoms with E-state index in [2.05, 4.69) is 0 Å². The molecule has 1 aromatic carbocycles. The molecule has 2 saturated carbocycles. The van der Waals surface area contributed by atoms with Gasteiger partial charge < -0.3 is 9.47 Å². The molecule has 146 valence electrons. The number of benzene rings is 1. The highest BCUT2D eigenvalue weighted by molar-refractivity contribution is 7.89. The van der Waals surface area contributed by atoms with Gasteiger partial charge in [0, 0.05) is 18.2 Å². The molecule has 0 amide bonds. The summed E-state index contributed by atoms with van der Waals surface area (Å²) < 4.78 is 39.9. The Bertz CT molecular complexity index is 674. The Kier molecular flexibility index (Phi) is 6.46. The van der Waals surface area contributed by atoms with Gasteiger partial charge >= 0.3 is 0 Å². The molecule has 0 unspecified atom stereocenters. The second-order valence-corrected chi connectivity index (χ2v) is 9.25. The molecule has 2 fully saturated rings. The van der Waals surface area contributed by atoms with Crippen LogP contribution in [-0.4, -0.2) is 39.0 Å². The first-order valence-electron chi connectivity index (χ1n) is 9.83. The minimum absolute atomic E-state index is 0.114. The van der Waals surface area contributed by atoms with Crippen molar-refractivity contribution in [3.63, 3.8) is 0 Å². The molecule has 3 rings (SSSR count). The third-order valence-electron chi connectivity index (χ3n) is 5.80. The summed E-state index contributed by atoms with van der Waals surface area (Å²) in [7, 11) is -0.533. The number of hydrogen-bond donors (Lipinski definition) is 0. The highest BCUT2D eigenvalue weighted by atomic mass is 32.2. The first-order valence-corrected chi connectivity index (χ1v) is 11.3. The highest BCUT2D eigenvalue weighted by Crippen LogP contribution is 2.38. The van der Waals surface area contributed by atoms with E-state index in [1.165, 1.54) is 20.0 Å². The third-order valence-corrected chi connectivity index (χ3v) is 7.84. The lowest BCUT2D eigenvalue weighted by Gasteiger charge is -2.40. The van der Waals surface area contributed by atoms with Gasteiger partial charge in [0.2, 0.25) is 10.0 Å². The van der Waals surface area contributed by atoms with Crippen LogP contribution in [0.25, 0.3) is 0 Å². The molecule has 1 aromatic rings. The summed E-state index contributed by atoms with van der Waals surface area (Å²) in [5.74, 6) is 0.962. The second kappa shape index (κ2) is 8.61. The molecule has 2 aliphatic carbocycles. The molecule has 26 heavy (non-hydrogen) atoms. The molecule has 0 aromatic heterocycles. The first kappa shape index (κ1) is 19.5. The Morgan fingerprint density at radius 3 is 1.85 bits per heavy atom. The van der Waals surface area contributed by atoms with E-state index in [0.29, 0.717) is 11.5 Å². The maximum Gasteiger partial charge on any atom is 0.247 e. The average molecular weight is 382 g/mol. The SMILES string of the molecule is COc1ccc(S(=O)(=O)N(C2CCCCC2)C2CCCCC2)c(OC)c1. The second-order valence-electron chi connectivity index (χ2n) is 7.44. The van der Waals surface area contributed by atoms with Gasteiger partial charge in [-0.1, -0.05) is 38.5 Å². The van der Waals surface area contributed by atoms with E-state index >= 15 is 0 Å². The molecular formula is C20H31NO4S. The quantitative estimate of drug-likeness (QED) is 0.735. The fourth-order valence-electron chi connectivity index (χ4n) is 4.46. The number of ether oxygens (including phenoxy) is 2. The van der Waals surface area contributed by atoms with Crippen molar-refractivity contribution in [3.05, 3.63) is 18.2 Å². The van der Waals surface area contributed by atoms with E-state index in [9.17, 15) is 8.42 Å². The molecule has 0 bridgehead atoms. The summed E-state index contributed by atoms with van der Waals surface area (Å²) in [6, 6.07) is 5.22. The maximum atomic E-state index is 13.7. The van der Waals surface area contributed by atoms with Gasteiger partial charge in [0.1, 0.15) is 16.4 Å². The number of rotatable bonds is 6. The third kappa shape index (κ3) is 4.01. The smallest absolute Gasteiger partial charge is 0.247 e. The Morgan fingerprint density at radius 1 is 0.846 bits per heavy atom. The van der Waals surface area contributed by atoms with Crippen molar-refractivity contribution in [2.45, 2.75) is 81.2 Å². The fraction of sp³-hybridized carbons (Fsp3) is 0.700. The maximum absolute atomic E-state index is 13.7. The van der Waals surface area contributed by atoms with Gasteiger partial charge in [-0.2, -0.15) is 4.31 Å². The van der Waals surface area contributed by atoms with Gasteiger partial charge in [0.05, 0.1) is 14.2 Å². The van der Waals surface area contributed by atoms with Crippen LogP contribution in [0.1, 0.15) is 64.2 Å². The van der Waals surface area contributed by atoms with Crippen molar-refractivity contribution < 1.29 is 17.9 Å². The molecule has 0 N–H and O–H groups in total. The van der Waals surface area contributed by atoms with Crippen molar-refractivity contribution in [1.29, 1.82) is 0 Å².